The molecular formula is C62H48N2. The van der Waals surface area contributed by atoms with Crippen molar-refractivity contribution in [2.24, 2.45) is 0 Å². The summed E-state index contributed by atoms with van der Waals surface area (Å²) in [7, 11) is 0. The molecule has 0 atom stereocenters. The molecule has 0 amide bonds. The molecule has 0 unspecified atom stereocenters. The highest BCUT2D eigenvalue weighted by Crippen LogP contribution is 2.51. The maximum Gasteiger partial charge on any atom is 0.0543 e. The molecule has 1 aromatic heterocycles. The number of benzene rings is 9. The SMILES string of the molecule is C=C/C=C\c1c(C)n(-c2ccc(-c3ccccc3-c3ccc(N(c4ccc(-c5ccccc5)cc4)c4ccc5c(c4)-c4ccccc4C5(C)C)cc3)cc2)c2cc3ccccc3cc12. The van der Waals surface area contributed by atoms with Crippen molar-refractivity contribution in [3.8, 4) is 50.2 Å². The fraction of sp³-hybridized carbons (Fsp3) is 0.0645. The van der Waals surface area contributed by atoms with E-state index in [1.54, 1.807) is 0 Å². The second-order valence-corrected chi connectivity index (χ2v) is 17.4. The molecule has 0 radical (unpaired) electrons. The summed E-state index contributed by atoms with van der Waals surface area (Å²) in [6.45, 7) is 10.8. The maximum absolute atomic E-state index is 3.94. The number of rotatable bonds is 9. The average molecular weight is 821 g/mol. The Labute approximate surface area is 376 Å². The lowest BCUT2D eigenvalue weighted by molar-refractivity contribution is 0.660. The van der Waals surface area contributed by atoms with Crippen LogP contribution in [0.25, 0.3) is 77.9 Å². The number of fused-ring (bicyclic) bond motifs is 5. The number of aromatic nitrogens is 1. The minimum atomic E-state index is -0.0562. The van der Waals surface area contributed by atoms with E-state index in [0.717, 1.165) is 22.7 Å². The van der Waals surface area contributed by atoms with E-state index in [9.17, 15) is 0 Å². The molecule has 0 bridgehead atoms. The highest BCUT2D eigenvalue weighted by molar-refractivity contribution is 6.03. The van der Waals surface area contributed by atoms with Gasteiger partial charge in [0.1, 0.15) is 0 Å². The van der Waals surface area contributed by atoms with Gasteiger partial charge in [0.05, 0.1) is 5.52 Å². The average Bonchev–Trinajstić information content (AvgIpc) is 3.75. The van der Waals surface area contributed by atoms with Crippen LogP contribution in [0.1, 0.15) is 36.2 Å². The molecule has 10 aromatic rings. The predicted molar refractivity (Wildman–Crippen MR) is 273 cm³/mol. The third-order valence-corrected chi connectivity index (χ3v) is 13.4. The van der Waals surface area contributed by atoms with Gasteiger partial charge in [-0.1, -0.05) is 184 Å². The second kappa shape index (κ2) is 15.8. The number of anilines is 3. The van der Waals surface area contributed by atoms with E-state index < -0.39 is 0 Å². The van der Waals surface area contributed by atoms with Crippen LogP contribution in [0, 0.1) is 6.92 Å². The summed E-state index contributed by atoms with van der Waals surface area (Å²) in [5, 5.41) is 3.71. The van der Waals surface area contributed by atoms with E-state index >= 15 is 0 Å². The molecule has 2 heteroatoms. The molecular weight excluding hydrogens is 773 g/mol. The van der Waals surface area contributed by atoms with Crippen LogP contribution in [0.2, 0.25) is 0 Å². The number of allylic oxidation sites excluding steroid dienone is 2. The zero-order chi connectivity index (χ0) is 43.4. The highest BCUT2D eigenvalue weighted by Gasteiger charge is 2.35. The Kier molecular flexibility index (Phi) is 9.59. The zero-order valence-electron chi connectivity index (χ0n) is 36.5. The molecule has 0 fully saturated rings. The van der Waals surface area contributed by atoms with E-state index in [1.807, 2.05) is 12.2 Å². The minimum absolute atomic E-state index is 0.0562. The molecule has 0 saturated heterocycles. The first-order valence-corrected chi connectivity index (χ1v) is 22.2. The molecule has 1 aliphatic rings. The lowest BCUT2D eigenvalue weighted by atomic mass is 9.82. The van der Waals surface area contributed by atoms with E-state index in [-0.39, 0.29) is 5.41 Å². The van der Waals surface area contributed by atoms with Gasteiger partial charge in [0.15, 0.2) is 0 Å². The monoisotopic (exact) mass is 820 g/mol. The lowest BCUT2D eigenvalue weighted by Gasteiger charge is -2.27. The molecule has 1 aliphatic carbocycles. The standard InChI is InChI=1S/C62H48N2/c1-5-6-20-53-42(2)63(61-40-48-19-11-10-18-47(48)39-58(53)61)49-33-27-45(28-34-49)54-21-12-13-22-55(54)46-29-35-51(36-30-46)64(50-31-25-44(26-32-50)43-16-8-7-9-17-43)52-37-38-60-57(41-52)56-23-14-15-24-59(56)62(60,3)4/h5-41H,1H2,2-4H3/b20-6-. The summed E-state index contributed by atoms with van der Waals surface area (Å²) < 4.78 is 2.39. The third kappa shape index (κ3) is 6.58. The summed E-state index contributed by atoms with van der Waals surface area (Å²) >= 11 is 0. The first kappa shape index (κ1) is 38.9. The molecule has 2 nitrogen and oxygen atoms in total. The Hall–Kier alpha value is -7.94. The van der Waals surface area contributed by atoms with Gasteiger partial charge in [-0.25, -0.2) is 0 Å². The van der Waals surface area contributed by atoms with Crippen LogP contribution in [0.4, 0.5) is 17.1 Å². The normalized spacial score (nSPS) is 12.7. The Morgan fingerprint density at radius 1 is 0.469 bits per heavy atom. The van der Waals surface area contributed by atoms with Crippen LogP contribution in [0.3, 0.4) is 0 Å². The van der Waals surface area contributed by atoms with Crippen molar-refractivity contribution in [1.82, 2.24) is 4.57 Å². The van der Waals surface area contributed by atoms with E-state index in [2.05, 4.69) is 249 Å². The fourth-order valence-electron chi connectivity index (χ4n) is 10.1. The molecule has 0 aliphatic heterocycles. The third-order valence-electron chi connectivity index (χ3n) is 13.4. The van der Waals surface area contributed by atoms with Crippen LogP contribution < -0.4 is 4.90 Å². The van der Waals surface area contributed by atoms with Crippen LogP contribution >= 0.6 is 0 Å². The summed E-state index contributed by atoms with van der Waals surface area (Å²) in [4.78, 5) is 2.39. The number of nitrogens with zero attached hydrogens (tertiary/aromatic N) is 2. The predicted octanol–water partition coefficient (Wildman–Crippen LogP) is 17.1. The number of hydrogen-bond donors (Lipinski definition) is 0. The first-order valence-electron chi connectivity index (χ1n) is 22.2. The molecule has 0 saturated carbocycles. The highest BCUT2D eigenvalue weighted by atomic mass is 15.1. The van der Waals surface area contributed by atoms with Crippen molar-refractivity contribution in [2.45, 2.75) is 26.2 Å². The molecule has 0 spiro atoms. The van der Waals surface area contributed by atoms with Gasteiger partial charge in [0.2, 0.25) is 0 Å². The van der Waals surface area contributed by atoms with Gasteiger partial charge in [0, 0.05) is 44.8 Å². The summed E-state index contributed by atoms with van der Waals surface area (Å²) in [5.41, 5.74) is 20.6. The van der Waals surface area contributed by atoms with Crippen LogP contribution in [0.15, 0.2) is 225 Å². The van der Waals surface area contributed by atoms with Crippen LogP contribution in [-0.4, -0.2) is 4.57 Å². The second-order valence-electron chi connectivity index (χ2n) is 17.4. The van der Waals surface area contributed by atoms with Crippen molar-refractivity contribution >= 4 is 44.8 Å². The van der Waals surface area contributed by atoms with E-state index in [4.69, 9.17) is 0 Å². The quantitative estimate of drug-likeness (QED) is 0.132. The van der Waals surface area contributed by atoms with Gasteiger partial charge in [-0.3, -0.25) is 0 Å². The van der Waals surface area contributed by atoms with Crippen molar-refractivity contribution in [3.05, 3.63) is 247 Å². The Morgan fingerprint density at radius 2 is 0.984 bits per heavy atom. The number of hydrogen-bond acceptors (Lipinski definition) is 1. The topological polar surface area (TPSA) is 8.17 Å². The molecule has 9 aromatic carbocycles. The summed E-state index contributed by atoms with van der Waals surface area (Å²) in [6, 6.07) is 75.6. The van der Waals surface area contributed by atoms with E-state index in [1.165, 1.54) is 88.6 Å². The summed E-state index contributed by atoms with van der Waals surface area (Å²) in [6.07, 6.45) is 6.05. The van der Waals surface area contributed by atoms with Crippen LogP contribution in [-0.2, 0) is 5.41 Å². The van der Waals surface area contributed by atoms with Gasteiger partial charge < -0.3 is 9.47 Å². The Bertz CT molecular complexity index is 3400. The lowest BCUT2D eigenvalue weighted by Crippen LogP contribution is -2.15. The van der Waals surface area contributed by atoms with Crippen molar-refractivity contribution in [1.29, 1.82) is 0 Å². The van der Waals surface area contributed by atoms with Crippen molar-refractivity contribution < 1.29 is 0 Å². The zero-order valence-corrected chi connectivity index (χ0v) is 36.5. The van der Waals surface area contributed by atoms with Gasteiger partial charge in [0.25, 0.3) is 0 Å². The van der Waals surface area contributed by atoms with Crippen molar-refractivity contribution in [3.63, 3.8) is 0 Å². The Balaban J connectivity index is 0.962. The summed E-state index contributed by atoms with van der Waals surface area (Å²) in [5.74, 6) is 0. The van der Waals surface area contributed by atoms with Crippen molar-refractivity contribution in [2.75, 3.05) is 4.90 Å². The van der Waals surface area contributed by atoms with Gasteiger partial charge in [-0.2, -0.15) is 0 Å². The van der Waals surface area contributed by atoms with Gasteiger partial charge in [-0.15, -0.1) is 0 Å². The van der Waals surface area contributed by atoms with Gasteiger partial charge >= 0.3 is 0 Å². The Morgan fingerprint density at radius 3 is 1.64 bits per heavy atom. The minimum Gasteiger partial charge on any atom is -0.313 e. The van der Waals surface area contributed by atoms with Gasteiger partial charge in [-0.05, 0) is 134 Å². The maximum atomic E-state index is 3.94. The van der Waals surface area contributed by atoms with Crippen LogP contribution in [0.5, 0.6) is 0 Å². The molecule has 11 rings (SSSR count). The first-order chi connectivity index (χ1) is 31.4. The molecule has 1 heterocycles. The fourth-order valence-corrected chi connectivity index (χ4v) is 10.1. The van der Waals surface area contributed by atoms with E-state index in [0.29, 0.717) is 0 Å². The molecule has 0 N–H and O–H groups in total. The smallest absolute Gasteiger partial charge is 0.0543 e. The molecule has 64 heavy (non-hydrogen) atoms. The molecule has 306 valence electrons. The largest absolute Gasteiger partial charge is 0.313 e.